The van der Waals surface area contributed by atoms with Crippen molar-refractivity contribution in [3.8, 4) is 0 Å². The summed E-state index contributed by atoms with van der Waals surface area (Å²) in [5.41, 5.74) is 8.70. The number of hydrogen-bond donors (Lipinski definition) is 2. The Labute approximate surface area is 126 Å². The average Bonchev–Trinajstić information content (AvgIpc) is 2.54. The number of aromatic nitrogens is 3. The second-order valence-electron chi connectivity index (χ2n) is 4.77. The number of amidine groups is 1. The van der Waals surface area contributed by atoms with Crippen molar-refractivity contribution in [1.29, 1.82) is 0 Å². The minimum Gasteiger partial charge on any atom is -0.409 e. The molecule has 0 saturated carbocycles. The molecule has 2 aromatic heterocycles. The number of hydrogen-bond acceptors (Lipinski definition) is 6. The maximum Gasteiger partial charge on any atom is 0.193 e. The van der Waals surface area contributed by atoms with Gasteiger partial charge in [0.15, 0.2) is 11.0 Å². The average molecular weight is 301 g/mol. The molecule has 2 aromatic rings. The first-order valence-electron chi connectivity index (χ1n) is 6.73. The van der Waals surface area contributed by atoms with Crippen LogP contribution in [0.25, 0.3) is 0 Å². The maximum atomic E-state index is 8.98. The molecule has 0 aliphatic heterocycles. The molecule has 0 spiro atoms. The molecule has 0 saturated heterocycles. The first kappa shape index (κ1) is 13.8. The second kappa shape index (κ2) is 6.09. The highest BCUT2D eigenvalue weighted by molar-refractivity contribution is 7.99. The van der Waals surface area contributed by atoms with Gasteiger partial charge in [0.05, 0.1) is 5.56 Å². The molecule has 3 N–H and O–H groups in total. The van der Waals surface area contributed by atoms with Crippen LogP contribution in [-0.2, 0) is 12.8 Å². The van der Waals surface area contributed by atoms with Crippen molar-refractivity contribution in [3.63, 3.8) is 0 Å². The van der Waals surface area contributed by atoms with E-state index in [0.717, 1.165) is 31.4 Å². The Morgan fingerprint density at radius 3 is 2.76 bits per heavy atom. The quantitative estimate of drug-likeness (QED) is 0.296. The molecular formula is C14H15N5OS. The van der Waals surface area contributed by atoms with Gasteiger partial charge in [-0.3, -0.25) is 0 Å². The summed E-state index contributed by atoms with van der Waals surface area (Å²) in [5.74, 6) is 0.0642. The molecule has 0 bridgehead atoms. The Kier molecular flexibility index (Phi) is 4.01. The predicted octanol–water partition coefficient (Wildman–Crippen LogP) is 2.00. The normalized spacial score (nSPS) is 14.8. The summed E-state index contributed by atoms with van der Waals surface area (Å²) in [4.78, 5) is 13.1. The van der Waals surface area contributed by atoms with Crippen LogP contribution in [0.5, 0.6) is 0 Å². The Hall–Kier alpha value is -2.15. The third kappa shape index (κ3) is 2.97. The van der Waals surface area contributed by atoms with E-state index in [0.29, 0.717) is 15.7 Å². The van der Waals surface area contributed by atoms with E-state index in [1.165, 1.54) is 17.3 Å². The molecule has 2 heterocycles. The van der Waals surface area contributed by atoms with Gasteiger partial charge >= 0.3 is 0 Å². The Morgan fingerprint density at radius 2 is 2.00 bits per heavy atom. The van der Waals surface area contributed by atoms with E-state index in [2.05, 4.69) is 20.1 Å². The topological polar surface area (TPSA) is 97.3 Å². The minimum atomic E-state index is 0.0642. The van der Waals surface area contributed by atoms with E-state index in [4.69, 9.17) is 10.9 Å². The molecule has 3 rings (SSSR count). The van der Waals surface area contributed by atoms with Crippen LogP contribution < -0.4 is 5.73 Å². The van der Waals surface area contributed by atoms with Crippen molar-refractivity contribution in [2.24, 2.45) is 10.9 Å². The van der Waals surface area contributed by atoms with Gasteiger partial charge in [0, 0.05) is 18.1 Å². The number of pyridine rings is 1. The zero-order valence-electron chi connectivity index (χ0n) is 11.4. The number of nitrogens with two attached hydrogens (primary N) is 1. The van der Waals surface area contributed by atoms with Crippen LogP contribution in [0, 0.1) is 0 Å². The van der Waals surface area contributed by atoms with Crippen LogP contribution in [0.2, 0.25) is 0 Å². The third-order valence-corrected chi connectivity index (χ3v) is 4.28. The van der Waals surface area contributed by atoms with Crippen molar-refractivity contribution in [1.82, 2.24) is 15.0 Å². The molecule has 6 nitrogen and oxygen atoms in total. The fraction of sp³-hybridized carbons (Fsp3) is 0.286. The Bertz CT molecular complexity index is 675. The molecule has 0 unspecified atom stereocenters. The Morgan fingerprint density at radius 1 is 1.24 bits per heavy atom. The minimum absolute atomic E-state index is 0.0642. The van der Waals surface area contributed by atoms with Crippen LogP contribution in [0.15, 0.2) is 39.9 Å². The third-order valence-electron chi connectivity index (χ3n) is 3.38. The molecule has 0 amide bonds. The molecule has 0 atom stereocenters. The largest absolute Gasteiger partial charge is 0.409 e. The number of aryl methyl sites for hydroxylation is 2. The lowest BCUT2D eigenvalue weighted by atomic mass is 9.95. The van der Waals surface area contributed by atoms with Gasteiger partial charge in [-0.15, -0.1) is 0 Å². The smallest absolute Gasteiger partial charge is 0.193 e. The van der Waals surface area contributed by atoms with Crippen LogP contribution in [0.3, 0.4) is 0 Å². The highest BCUT2D eigenvalue weighted by Crippen LogP contribution is 2.30. The van der Waals surface area contributed by atoms with Crippen molar-refractivity contribution >= 4 is 17.6 Å². The molecular weight excluding hydrogens is 286 g/mol. The summed E-state index contributed by atoms with van der Waals surface area (Å²) in [6, 6.07) is 3.73. The van der Waals surface area contributed by atoms with Gasteiger partial charge in [-0.25, -0.2) is 15.0 Å². The van der Waals surface area contributed by atoms with E-state index >= 15 is 0 Å². The summed E-state index contributed by atoms with van der Waals surface area (Å²) in [6.45, 7) is 0. The van der Waals surface area contributed by atoms with Crippen molar-refractivity contribution in [2.45, 2.75) is 35.9 Å². The van der Waals surface area contributed by atoms with Gasteiger partial charge in [0.1, 0.15) is 5.03 Å². The van der Waals surface area contributed by atoms with Crippen molar-refractivity contribution in [3.05, 3.63) is 41.3 Å². The summed E-state index contributed by atoms with van der Waals surface area (Å²) >= 11 is 1.33. The van der Waals surface area contributed by atoms with Crippen LogP contribution in [0.4, 0.5) is 0 Å². The van der Waals surface area contributed by atoms with Gasteiger partial charge < -0.3 is 10.9 Å². The summed E-state index contributed by atoms with van der Waals surface area (Å²) in [7, 11) is 0. The monoisotopic (exact) mass is 301 g/mol. The highest BCUT2D eigenvalue weighted by Gasteiger charge is 2.18. The van der Waals surface area contributed by atoms with E-state index in [1.54, 1.807) is 18.5 Å². The first-order chi connectivity index (χ1) is 10.3. The van der Waals surface area contributed by atoms with Crippen molar-refractivity contribution in [2.75, 3.05) is 0 Å². The van der Waals surface area contributed by atoms with Crippen LogP contribution >= 0.6 is 11.8 Å². The maximum absolute atomic E-state index is 8.98. The van der Waals surface area contributed by atoms with Crippen LogP contribution in [-0.4, -0.2) is 26.0 Å². The molecule has 7 heteroatoms. The zero-order chi connectivity index (χ0) is 14.7. The number of rotatable bonds is 3. The molecule has 0 radical (unpaired) electrons. The Balaban J connectivity index is 2.04. The molecule has 1 aliphatic carbocycles. The van der Waals surface area contributed by atoms with E-state index in [-0.39, 0.29) is 5.84 Å². The zero-order valence-corrected chi connectivity index (χ0v) is 12.2. The molecule has 1 aliphatic rings. The molecule has 0 fully saturated rings. The number of fused-ring (bicyclic) bond motifs is 1. The van der Waals surface area contributed by atoms with Crippen LogP contribution in [0.1, 0.15) is 29.7 Å². The lowest BCUT2D eigenvalue weighted by Crippen LogP contribution is -2.18. The lowest BCUT2D eigenvalue weighted by molar-refractivity contribution is 0.318. The van der Waals surface area contributed by atoms with Gasteiger partial charge in [-0.2, -0.15) is 0 Å². The van der Waals surface area contributed by atoms with Gasteiger partial charge in [0.2, 0.25) is 0 Å². The SMILES string of the molecule is NC(=NO)c1cc2c(nc1Sc1ncccn1)CCCC2. The predicted molar refractivity (Wildman–Crippen MR) is 79.5 cm³/mol. The van der Waals surface area contributed by atoms with Gasteiger partial charge in [-0.1, -0.05) is 5.16 Å². The fourth-order valence-electron chi connectivity index (χ4n) is 2.35. The molecule has 21 heavy (non-hydrogen) atoms. The highest BCUT2D eigenvalue weighted by atomic mass is 32.2. The lowest BCUT2D eigenvalue weighted by Gasteiger charge is -2.17. The number of nitrogens with zero attached hydrogens (tertiary/aromatic N) is 4. The summed E-state index contributed by atoms with van der Waals surface area (Å²) in [6.07, 6.45) is 7.61. The summed E-state index contributed by atoms with van der Waals surface area (Å²) < 4.78 is 0. The fourth-order valence-corrected chi connectivity index (χ4v) is 3.18. The van der Waals surface area contributed by atoms with Gasteiger partial charge in [0.25, 0.3) is 0 Å². The van der Waals surface area contributed by atoms with Gasteiger partial charge in [-0.05, 0) is 55.1 Å². The standard InChI is InChI=1S/C14H15N5OS/c15-12(19-20)10-8-9-4-1-2-5-11(9)18-13(10)21-14-16-6-3-7-17-14/h3,6-8,20H,1-2,4-5H2,(H2,15,19). The molecule has 0 aromatic carbocycles. The number of oxime groups is 1. The second-order valence-corrected chi connectivity index (χ2v) is 5.73. The van der Waals surface area contributed by atoms with E-state index < -0.39 is 0 Å². The van der Waals surface area contributed by atoms with E-state index in [1.807, 2.05) is 6.07 Å². The van der Waals surface area contributed by atoms with E-state index in [9.17, 15) is 0 Å². The summed E-state index contributed by atoms with van der Waals surface area (Å²) in [5, 5.41) is 13.4. The molecule has 108 valence electrons. The van der Waals surface area contributed by atoms with Crippen molar-refractivity contribution < 1.29 is 5.21 Å². The first-order valence-corrected chi connectivity index (χ1v) is 7.55.